The number of hydrogen-bond donors (Lipinski definition) is 1. The minimum absolute atomic E-state index is 0.671. The van der Waals surface area contributed by atoms with Gasteiger partial charge in [-0.3, -0.25) is 5.10 Å². The molecule has 108 valence electrons. The quantitative estimate of drug-likeness (QED) is 0.830. The van der Waals surface area contributed by atoms with Crippen LogP contribution < -0.4 is 4.74 Å². The SMILES string of the molecule is Cc1c(OCCCN(C)C)n[nH]c1-c1ccc(Cl)cc1. The number of halogens is 1. The lowest BCUT2D eigenvalue weighted by Gasteiger charge is -2.09. The number of rotatable bonds is 6. The molecule has 0 atom stereocenters. The summed E-state index contributed by atoms with van der Waals surface area (Å²) >= 11 is 5.90. The highest BCUT2D eigenvalue weighted by Crippen LogP contribution is 2.28. The van der Waals surface area contributed by atoms with Gasteiger partial charge in [-0.25, -0.2) is 0 Å². The highest BCUT2D eigenvalue weighted by molar-refractivity contribution is 6.30. The van der Waals surface area contributed by atoms with Crippen molar-refractivity contribution in [2.24, 2.45) is 0 Å². The summed E-state index contributed by atoms with van der Waals surface area (Å²) in [4.78, 5) is 2.14. The van der Waals surface area contributed by atoms with Crippen molar-refractivity contribution < 1.29 is 4.74 Å². The topological polar surface area (TPSA) is 41.1 Å². The van der Waals surface area contributed by atoms with Gasteiger partial charge in [-0.2, -0.15) is 0 Å². The number of hydrogen-bond acceptors (Lipinski definition) is 3. The van der Waals surface area contributed by atoms with Gasteiger partial charge in [0.1, 0.15) is 0 Å². The lowest BCUT2D eigenvalue weighted by molar-refractivity contribution is 0.271. The van der Waals surface area contributed by atoms with Gasteiger partial charge in [-0.05, 0) is 39.6 Å². The molecule has 0 bridgehead atoms. The maximum atomic E-state index is 5.90. The number of aromatic nitrogens is 2. The van der Waals surface area contributed by atoms with Crippen molar-refractivity contribution >= 4 is 11.6 Å². The molecule has 1 aromatic carbocycles. The van der Waals surface area contributed by atoms with E-state index in [-0.39, 0.29) is 0 Å². The van der Waals surface area contributed by atoms with Crippen LogP contribution in [0.25, 0.3) is 11.3 Å². The Morgan fingerprint density at radius 2 is 1.95 bits per heavy atom. The third-order valence-electron chi connectivity index (χ3n) is 3.09. The average Bonchev–Trinajstić information content (AvgIpc) is 2.77. The minimum atomic E-state index is 0.671. The van der Waals surface area contributed by atoms with Crippen LogP contribution in [0, 0.1) is 6.92 Å². The molecule has 2 rings (SSSR count). The lowest BCUT2D eigenvalue weighted by atomic mass is 10.1. The fraction of sp³-hybridized carbons (Fsp3) is 0.400. The van der Waals surface area contributed by atoms with Crippen LogP contribution in [0.1, 0.15) is 12.0 Å². The first-order valence-corrected chi connectivity index (χ1v) is 7.04. The average molecular weight is 294 g/mol. The van der Waals surface area contributed by atoms with Crippen LogP contribution in [0.4, 0.5) is 0 Å². The molecule has 2 aromatic rings. The van der Waals surface area contributed by atoms with Crippen LogP contribution >= 0.6 is 11.6 Å². The maximum Gasteiger partial charge on any atom is 0.236 e. The molecule has 0 spiro atoms. The van der Waals surface area contributed by atoms with E-state index in [2.05, 4.69) is 29.2 Å². The Hall–Kier alpha value is -1.52. The monoisotopic (exact) mass is 293 g/mol. The van der Waals surface area contributed by atoms with E-state index in [1.807, 2.05) is 31.2 Å². The molecular weight excluding hydrogens is 274 g/mol. The van der Waals surface area contributed by atoms with Gasteiger partial charge in [0.05, 0.1) is 12.3 Å². The Kier molecular flexibility index (Phi) is 5.04. The Morgan fingerprint density at radius 1 is 1.25 bits per heavy atom. The van der Waals surface area contributed by atoms with Crippen LogP contribution in [-0.2, 0) is 0 Å². The number of nitrogens with one attached hydrogen (secondary N) is 1. The van der Waals surface area contributed by atoms with Crippen LogP contribution in [-0.4, -0.2) is 42.3 Å². The van der Waals surface area contributed by atoms with Crippen molar-refractivity contribution in [3.05, 3.63) is 34.9 Å². The van der Waals surface area contributed by atoms with Crippen LogP contribution in [0.5, 0.6) is 5.88 Å². The highest BCUT2D eigenvalue weighted by atomic mass is 35.5. The molecule has 0 radical (unpaired) electrons. The molecule has 5 heteroatoms. The molecule has 0 amide bonds. The zero-order chi connectivity index (χ0) is 14.5. The summed E-state index contributed by atoms with van der Waals surface area (Å²) in [5, 5.41) is 8.00. The van der Waals surface area contributed by atoms with Gasteiger partial charge in [-0.15, -0.1) is 5.10 Å². The van der Waals surface area contributed by atoms with Crippen LogP contribution in [0.3, 0.4) is 0 Å². The predicted molar refractivity (Wildman–Crippen MR) is 82.4 cm³/mol. The Balaban J connectivity index is 2.01. The maximum absolute atomic E-state index is 5.90. The van der Waals surface area contributed by atoms with Gasteiger partial charge in [0.2, 0.25) is 5.88 Å². The smallest absolute Gasteiger partial charge is 0.236 e. The number of ether oxygens (including phenoxy) is 1. The Morgan fingerprint density at radius 3 is 2.60 bits per heavy atom. The van der Waals surface area contributed by atoms with Gasteiger partial charge < -0.3 is 9.64 Å². The van der Waals surface area contributed by atoms with Crippen LogP contribution in [0.15, 0.2) is 24.3 Å². The summed E-state index contributed by atoms with van der Waals surface area (Å²) in [7, 11) is 4.11. The summed E-state index contributed by atoms with van der Waals surface area (Å²) in [6.07, 6.45) is 0.982. The van der Waals surface area contributed by atoms with Crippen molar-refractivity contribution in [2.45, 2.75) is 13.3 Å². The summed E-state index contributed by atoms with van der Waals surface area (Å²) < 4.78 is 5.72. The van der Waals surface area contributed by atoms with E-state index in [4.69, 9.17) is 16.3 Å². The van der Waals surface area contributed by atoms with Crippen LogP contribution in [0.2, 0.25) is 5.02 Å². The number of nitrogens with zero attached hydrogens (tertiary/aromatic N) is 2. The van der Waals surface area contributed by atoms with E-state index in [0.717, 1.165) is 34.8 Å². The summed E-state index contributed by atoms with van der Waals surface area (Å²) in [5.41, 5.74) is 3.06. The molecule has 0 aliphatic rings. The lowest BCUT2D eigenvalue weighted by Crippen LogP contribution is -2.15. The fourth-order valence-electron chi connectivity index (χ4n) is 1.97. The third-order valence-corrected chi connectivity index (χ3v) is 3.34. The van der Waals surface area contributed by atoms with Crippen molar-refractivity contribution in [1.82, 2.24) is 15.1 Å². The second-order valence-electron chi connectivity index (χ2n) is 5.04. The largest absolute Gasteiger partial charge is 0.476 e. The van der Waals surface area contributed by atoms with E-state index in [1.54, 1.807) is 0 Å². The first-order chi connectivity index (χ1) is 9.58. The number of benzene rings is 1. The highest BCUT2D eigenvalue weighted by Gasteiger charge is 2.11. The molecule has 0 saturated carbocycles. The van der Waals surface area contributed by atoms with Crippen molar-refractivity contribution in [3.8, 4) is 17.1 Å². The van der Waals surface area contributed by atoms with E-state index in [9.17, 15) is 0 Å². The van der Waals surface area contributed by atoms with E-state index in [0.29, 0.717) is 12.5 Å². The molecule has 1 heterocycles. The first-order valence-electron chi connectivity index (χ1n) is 6.66. The molecule has 1 aromatic heterocycles. The van der Waals surface area contributed by atoms with Gasteiger partial charge in [-0.1, -0.05) is 23.7 Å². The normalized spacial score (nSPS) is 11.1. The molecule has 1 N–H and O–H groups in total. The van der Waals surface area contributed by atoms with E-state index >= 15 is 0 Å². The van der Waals surface area contributed by atoms with E-state index in [1.165, 1.54) is 0 Å². The van der Waals surface area contributed by atoms with Crippen molar-refractivity contribution in [2.75, 3.05) is 27.2 Å². The molecule has 0 aliphatic heterocycles. The molecule has 4 nitrogen and oxygen atoms in total. The molecule has 0 saturated heterocycles. The molecule has 20 heavy (non-hydrogen) atoms. The third kappa shape index (κ3) is 3.74. The predicted octanol–water partition coefficient (Wildman–Crippen LogP) is 3.37. The zero-order valence-corrected chi connectivity index (χ0v) is 12.9. The second-order valence-corrected chi connectivity index (χ2v) is 5.48. The Labute approximate surface area is 124 Å². The Bertz CT molecular complexity index is 549. The zero-order valence-electron chi connectivity index (χ0n) is 12.1. The first kappa shape index (κ1) is 14.9. The minimum Gasteiger partial charge on any atom is -0.476 e. The van der Waals surface area contributed by atoms with Crippen molar-refractivity contribution in [3.63, 3.8) is 0 Å². The van der Waals surface area contributed by atoms with Gasteiger partial charge >= 0.3 is 0 Å². The molecular formula is C15H20ClN3O. The number of H-pyrrole nitrogens is 1. The van der Waals surface area contributed by atoms with Crippen molar-refractivity contribution in [1.29, 1.82) is 0 Å². The fourth-order valence-corrected chi connectivity index (χ4v) is 2.10. The molecule has 0 unspecified atom stereocenters. The van der Waals surface area contributed by atoms with Gasteiger partial charge in [0.25, 0.3) is 0 Å². The summed E-state index contributed by atoms with van der Waals surface area (Å²) in [5.74, 6) is 0.675. The standard InChI is InChI=1S/C15H20ClN3O/c1-11-14(12-5-7-13(16)8-6-12)17-18-15(11)20-10-4-9-19(2)3/h5-8H,4,9-10H2,1-3H3,(H,17,18). The summed E-state index contributed by atoms with van der Waals surface area (Å²) in [6.45, 7) is 3.69. The molecule has 0 aliphatic carbocycles. The van der Waals surface area contributed by atoms with E-state index < -0.39 is 0 Å². The number of aromatic amines is 1. The molecule has 0 fully saturated rings. The van der Waals surface area contributed by atoms with Gasteiger partial charge in [0.15, 0.2) is 0 Å². The summed E-state index contributed by atoms with van der Waals surface area (Å²) in [6, 6.07) is 7.68. The van der Waals surface area contributed by atoms with Gasteiger partial charge in [0, 0.05) is 22.7 Å². The second kappa shape index (κ2) is 6.77.